The summed E-state index contributed by atoms with van der Waals surface area (Å²) in [5.41, 5.74) is 7.09. The van der Waals surface area contributed by atoms with Crippen molar-refractivity contribution in [1.29, 1.82) is 5.26 Å². The summed E-state index contributed by atoms with van der Waals surface area (Å²) < 4.78 is 20.5. The molecule has 0 spiro atoms. The van der Waals surface area contributed by atoms with Crippen molar-refractivity contribution in [1.82, 2.24) is 0 Å². The second kappa shape index (κ2) is 6.70. The molecule has 108 valence electrons. The van der Waals surface area contributed by atoms with Gasteiger partial charge >= 0.3 is 0 Å². The lowest BCUT2D eigenvalue weighted by molar-refractivity contribution is 0.295. The number of ether oxygens (including phenoxy) is 1. The highest BCUT2D eigenvalue weighted by Gasteiger charge is 2.12. The minimum atomic E-state index is -0.544. The van der Waals surface area contributed by atoms with Gasteiger partial charge in [0.05, 0.1) is 5.56 Å². The summed E-state index contributed by atoms with van der Waals surface area (Å²) in [6.07, 6.45) is 0. The van der Waals surface area contributed by atoms with Gasteiger partial charge in [-0.1, -0.05) is 34.1 Å². The fourth-order valence-corrected chi connectivity index (χ4v) is 2.28. The third kappa shape index (κ3) is 3.60. The van der Waals surface area contributed by atoms with Gasteiger partial charge in [0.1, 0.15) is 24.2 Å². The first-order valence-corrected chi connectivity index (χ1v) is 7.17. The van der Waals surface area contributed by atoms with Gasteiger partial charge in [-0.2, -0.15) is 5.26 Å². The lowest BCUT2D eigenvalue weighted by Gasteiger charge is -2.15. The molecule has 0 aliphatic heterocycles. The van der Waals surface area contributed by atoms with E-state index in [1.54, 1.807) is 18.2 Å². The molecule has 0 amide bonds. The van der Waals surface area contributed by atoms with Crippen molar-refractivity contribution in [2.24, 2.45) is 5.73 Å². The van der Waals surface area contributed by atoms with Gasteiger partial charge in [-0.25, -0.2) is 4.39 Å². The molecule has 0 aromatic heterocycles. The second-order valence-electron chi connectivity index (χ2n) is 4.65. The van der Waals surface area contributed by atoms with Crippen molar-refractivity contribution < 1.29 is 9.13 Å². The van der Waals surface area contributed by atoms with Crippen molar-refractivity contribution >= 4 is 15.9 Å². The third-order valence-electron chi connectivity index (χ3n) is 3.05. The summed E-state index contributed by atoms with van der Waals surface area (Å²) >= 11 is 3.37. The van der Waals surface area contributed by atoms with E-state index in [9.17, 15) is 4.39 Å². The van der Waals surface area contributed by atoms with E-state index < -0.39 is 5.82 Å². The summed E-state index contributed by atoms with van der Waals surface area (Å²) in [6, 6.07) is 11.8. The Morgan fingerprint density at radius 2 is 2.14 bits per heavy atom. The molecule has 0 bridgehead atoms. The molecule has 0 saturated heterocycles. The predicted octanol–water partition coefficient (Wildman–Crippen LogP) is 4.06. The number of nitrogens with zero attached hydrogens (tertiary/aromatic N) is 1. The molecule has 2 N–H and O–H groups in total. The van der Waals surface area contributed by atoms with Crippen molar-refractivity contribution in [2.75, 3.05) is 0 Å². The molecular formula is C16H14BrFN2O. The van der Waals surface area contributed by atoms with E-state index in [2.05, 4.69) is 15.9 Å². The highest BCUT2D eigenvalue weighted by Crippen LogP contribution is 2.28. The maximum absolute atomic E-state index is 14.0. The summed E-state index contributed by atoms with van der Waals surface area (Å²) in [5, 5.41) is 8.83. The van der Waals surface area contributed by atoms with Crippen LogP contribution >= 0.6 is 15.9 Å². The van der Waals surface area contributed by atoms with Crippen LogP contribution in [0.25, 0.3) is 0 Å². The van der Waals surface area contributed by atoms with Gasteiger partial charge in [0, 0.05) is 21.6 Å². The van der Waals surface area contributed by atoms with Crippen LogP contribution in [0.5, 0.6) is 5.75 Å². The van der Waals surface area contributed by atoms with Crippen molar-refractivity contribution in [3.63, 3.8) is 0 Å². The normalized spacial score (nSPS) is 11.8. The molecule has 0 heterocycles. The maximum atomic E-state index is 14.0. The number of hydrogen-bond donors (Lipinski definition) is 1. The van der Waals surface area contributed by atoms with Crippen LogP contribution in [0.4, 0.5) is 4.39 Å². The second-order valence-corrected chi connectivity index (χ2v) is 5.57. The standard InChI is InChI=1S/C16H14BrFN2O/c1-10(20)14-6-5-13(17)7-15(14)21-9-12-4-2-3-11(8-19)16(12)18/h2-7,10H,9,20H2,1H3/t10-/m0/s1. The van der Waals surface area contributed by atoms with E-state index in [1.807, 2.05) is 25.1 Å². The van der Waals surface area contributed by atoms with Gasteiger partial charge in [-0.15, -0.1) is 0 Å². The van der Waals surface area contributed by atoms with Gasteiger partial charge in [0.15, 0.2) is 0 Å². The van der Waals surface area contributed by atoms with Gasteiger partial charge in [0.2, 0.25) is 0 Å². The van der Waals surface area contributed by atoms with Crippen LogP contribution in [0.15, 0.2) is 40.9 Å². The molecule has 0 unspecified atom stereocenters. The van der Waals surface area contributed by atoms with E-state index in [1.165, 1.54) is 6.07 Å². The average molecular weight is 349 g/mol. The minimum Gasteiger partial charge on any atom is -0.488 e. The van der Waals surface area contributed by atoms with Gasteiger partial charge in [-0.05, 0) is 25.1 Å². The molecule has 0 aliphatic rings. The molecule has 2 rings (SSSR count). The molecule has 1 atom stereocenters. The first-order valence-electron chi connectivity index (χ1n) is 6.38. The first kappa shape index (κ1) is 15.5. The van der Waals surface area contributed by atoms with Crippen LogP contribution in [0.2, 0.25) is 0 Å². The number of hydrogen-bond acceptors (Lipinski definition) is 3. The molecule has 3 nitrogen and oxygen atoms in total. The average Bonchev–Trinajstić information content (AvgIpc) is 2.46. The SMILES string of the molecule is C[C@H](N)c1ccc(Br)cc1OCc1cccc(C#N)c1F. The topological polar surface area (TPSA) is 59.0 Å². The zero-order chi connectivity index (χ0) is 15.4. The van der Waals surface area contributed by atoms with E-state index in [4.69, 9.17) is 15.7 Å². The van der Waals surface area contributed by atoms with E-state index in [0.717, 1.165) is 10.0 Å². The largest absolute Gasteiger partial charge is 0.488 e. The maximum Gasteiger partial charge on any atom is 0.147 e. The highest BCUT2D eigenvalue weighted by atomic mass is 79.9. The Morgan fingerprint density at radius 1 is 1.38 bits per heavy atom. The number of benzene rings is 2. The summed E-state index contributed by atoms with van der Waals surface area (Å²) in [4.78, 5) is 0. The quantitative estimate of drug-likeness (QED) is 0.906. The predicted molar refractivity (Wildman–Crippen MR) is 82.2 cm³/mol. The summed E-state index contributed by atoms with van der Waals surface area (Å²) in [6.45, 7) is 1.89. The summed E-state index contributed by atoms with van der Waals surface area (Å²) in [7, 11) is 0. The molecule has 2 aromatic carbocycles. The molecule has 2 aromatic rings. The number of rotatable bonds is 4. The highest BCUT2D eigenvalue weighted by molar-refractivity contribution is 9.10. The Balaban J connectivity index is 2.25. The number of nitriles is 1. The zero-order valence-electron chi connectivity index (χ0n) is 11.4. The fourth-order valence-electron chi connectivity index (χ4n) is 1.94. The lowest BCUT2D eigenvalue weighted by atomic mass is 10.1. The van der Waals surface area contributed by atoms with Crippen LogP contribution in [-0.4, -0.2) is 0 Å². The zero-order valence-corrected chi connectivity index (χ0v) is 13.0. The van der Waals surface area contributed by atoms with Crippen LogP contribution in [0.1, 0.15) is 29.7 Å². The Labute approximate surface area is 131 Å². The summed E-state index contributed by atoms with van der Waals surface area (Å²) in [5.74, 6) is 0.0541. The van der Waals surface area contributed by atoms with E-state index in [0.29, 0.717) is 11.3 Å². The fraction of sp³-hybridized carbons (Fsp3) is 0.188. The van der Waals surface area contributed by atoms with Crippen LogP contribution in [0, 0.1) is 17.1 Å². The van der Waals surface area contributed by atoms with Gasteiger partial charge in [0.25, 0.3) is 0 Å². The molecular weight excluding hydrogens is 335 g/mol. The van der Waals surface area contributed by atoms with E-state index >= 15 is 0 Å². The molecule has 0 saturated carbocycles. The van der Waals surface area contributed by atoms with Crippen LogP contribution in [0.3, 0.4) is 0 Å². The smallest absolute Gasteiger partial charge is 0.147 e. The Hall–Kier alpha value is -1.90. The van der Waals surface area contributed by atoms with Crippen LogP contribution in [-0.2, 0) is 6.61 Å². The van der Waals surface area contributed by atoms with Crippen LogP contribution < -0.4 is 10.5 Å². The van der Waals surface area contributed by atoms with Crippen molar-refractivity contribution in [3.05, 3.63) is 63.4 Å². The molecule has 21 heavy (non-hydrogen) atoms. The molecule has 0 aliphatic carbocycles. The minimum absolute atomic E-state index is 0.0118. The Morgan fingerprint density at radius 3 is 2.81 bits per heavy atom. The van der Waals surface area contributed by atoms with Crippen molar-refractivity contribution in [2.45, 2.75) is 19.6 Å². The number of nitrogens with two attached hydrogens (primary N) is 1. The lowest BCUT2D eigenvalue weighted by Crippen LogP contribution is -2.08. The van der Waals surface area contributed by atoms with Gasteiger partial charge in [-0.3, -0.25) is 0 Å². The van der Waals surface area contributed by atoms with E-state index in [-0.39, 0.29) is 18.2 Å². The Bertz CT molecular complexity index is 695. The third-order valence-corrected chi connectivity index (χ3v) is 3.54. The first-order chi connectivity index (χ1) is 10.0. The number of halogens is 2. The Kier molecular flexibility index (Phi) is 4.94. The van der Waals surface area contributed by atoms with Gasteiger partial charge < -0.3 is 10.5 Å². The molecule has 0 radical (unpaired) electrons. The molecule has 0 fully saturated rings. The van der Waals surface area contributed by atoms with Crippen molar-refractivity contribution in [3.8, 4) is 11.8 Å². The monoisotopic (exact) mass is 348 g/mol. The molecule has 5 heteroatoms.